The molecule has 1 saturated heterocycles. The Balaban J connectivity index is 2.13. The molecule has 1 aliphatic rings. The van der Waals surface area contributed by atoms with Gasteiger partial charge in [0.05, 0.1) is 6.04 Å². The van der Waals surface area contributed by atoms with E-state index in [1.807, 2.05) is 13.8 Å². The summed E-state index contributed by atoms with van der Waals surface area (Å²) in [6.07, 6.45) is -2.39. The molecule has 3 unspecified atom stereocenters. The molecule has 0 bridgehead atoms. The number of rotatable bonds is 8. The van der Waals surface area contributed by atoms with Gasteiger partial charge in [-0.1, -0.05) is 4.67 Å². The highest BCUT2D eigenvalue weighted by molar-refractivity contribution is 7.36. The molecule has 1 aromatic heterocycles. The van der Waals surface area contributed by atoms with Crippen LogP contribution in [0, 0.1) is 0 Å². The lowest BCUT2D eigenvalue weighted by Gasteiger charge is -2.20. The molecular formula is C16H26N4O7P+. The maximum absolute atomic E-state index is 12.3. The summed E-state index contributed by atoms with van der Waals surface area (Å²) in [5, 5.41) is 12.9. The molecule has 0 aromatic carbocycles. The van der Waals surface area contributed by atoms with Crippen LogP contribution in [0.1, 0.15) is 27.0 Å². The SMILES string of the molecule is COC1C(O)[C@@H](CO[P+](=O)N(C)C(C)C)O[C@H]1n1ccc(NC(C)=O)nc1=O. The first-order valence-electron chi connectivity index (χ1n) is 8.71. The number of hydrogen-bond donors (Lipinski definition) is 2. The first kappa shape index (κ1) is 22.5. The van der Waals surface area contributed by atoms with Crippen molar-refractivity contribution in [3.8, 4) is 0 Å². The predicted molar refractivity (Wildman–Crippen MR) is 100.0 cm³/mol. The highest BCUT2D eigenvalue weighted by atomic mass is 31.1. The van der Waals surface area contributed by atoms with Crippen LogP contribution in [0.25, 0.3) is 0 Å². The summed E-state index contributed by atoms with van der Waals surface area (Å²) < 4.78 is 31.2. The molecule has 0 saturated carbocycles. The maximum Gasteiger partial charge on any atom is 0.615 e. The van der Waals surface area contributed by atoms with Gasteiger partial charge in [-0.05, 0) is 24.5 Å². The molecule has 12 heteroatoms. The highest BCUT2D eigenvalue weighted by Crippen LogP contribution is 2.34. The van der Waals surface area contributed by atoms with Gasteiger partial charge in [-0.2, -0.15) is 4.98 Å². The van der Waals surface area contributed by atoms with Crippen molar-refractivity contribution in [2.75, 3.05) is 26.1 Å². The van der Waals surface area contributed by atoms with Gasteiger partial charge in [-0.15, -0.1) is 4.52 Å². The molecule has 1 fully saturated rings. The number of carbonyl (C=O) groups excluding carboxylic acids is 1. The minimum absolute atomic E-state index is 0.0179. The fourth-order valence-corrected chi connectivity index (χ4v) is 3.44. The molecule has 2 rings (SSSR count). The zero-order valence-electron chi connectivity index (χ0n) is 16.4. The highest BCUT2D eigenvalue weighted by Gasteiger charge is 2.47. The van der Waals surface area contributed by atoms with E-state index in [0.29, 0.717) is 0 Å². The lowest BCUT2D eigenvalue weighted by Crippen LogP contribution is -2.37. The molecule has 156 valence electrons. The summed E-state index contributed by atoms with van der Waals surface area (Å²) in [6.45, 7) is 4.91. The number of aliphatic hydroxyl groups is 1. The topological polar surface area (TPSA) is 132 Å². The van der Waals surface area contributed by atoms with E-state index in [9.17, 15) is 19.3 Å². The standard InChI is InChI=1S/C16H25N4O7P/c1-9(2)19(4)28(24)26-8-11-13(22)14(25-5)15(27-11)20-7-6-12(17-10(3)21)18-16(20)23/h6-7,9,11,13-15,22H,8H2,1-5H3/p+1/t11-,13?,14?,15-/m1/s1. The predicted octanol–water partition coefficient (Wildman–Crippen LogP) is 0.489. The second kappa shape index (κ2) is 9.64. The van der Waals surface area contributed by atoms with E-state index >= 15 is 0 Å². The summed E-state index contributed by atoms with van der Waals surface area (Å²) in [5.41, 5.74) is -0.683. The number of nitrogens with zero attached hydrogens (tertiary/aromatic N) is 3. The van der Waals surface area contributed by atoms with Gasteiger partial charge in [0.25, 0.3) is 0 Å². The maximum atomic E-state index is 12.3. The summed E-state index contributed by atoms with van der Waals surface area (Å²) in [6, 6.07) is 1.45. The first-order valence-corrected chi connectivity index (χ1v) is 9.84. The second-order valence-electron chi connectivity index (χ2n) is 6.64. The quantitative estimate of drug-likeness (QED) is 0.580. The lowest BCUT2D eigenvalue weighted by atomic mass is 10.1. The molecule has 11 nitrogen and oxygen atoms in total. The zero-order chi connectivity index (χ0) is 21.0. The summed E-state index contributed by atoms with van der Waals surface area (Å²) >= 11 is 0. The van der Waals surface area contributed by atoms with E-state index in [1.54, 1.807) is 11.7 Å². The average molecular weight is 417 g/mol. The number of hydrogen-bond acceptors (Lipinski definition) is 8. The Morgan fingerprint density at radius 3 is 2.75 bits per heavy atom. The number of anilines is 1. The number of nitrogens with one attached hydrogen (secondary N) is 1. The molecular weight excluding hydrogens is 391 g/mol. The number of ether oxygens (including phenoxy) is 2. The van der Waals surface area contributed by atoms with Crippen molar-refractivity contribution in [1.29, 1.82) is 0 Å². The fourth-order valence-electron chi connectivity index (χ4n) is 2.61. The van der Waals surface area contributed by atoms with Crippen molar-refractivity contribution in [3.05, 3.63) is 22.7 Å². The Hall–Kier alpha value is -1.75. The van der Waals surface area contributed by atoms with Gasteiger partial charge in [-0.25, -0.2) is 4.79 Å². The van der Waals surface area contributed by atoms with E-state index in [4.69, 9.17) is 14.0 Å². The molecule has 0 radical (unpaired) electrons. The molecule has 28 heavy (non-hydrogen) atoms. The van der Waals surface area contributed by atoms with Crippen LogP contribution in [-0.2, 0) is 23.4 Å². The largest absolute Gasteiger partial charge is 0.615 e. The number of carbonyl (C=O) groups is 1. The van der Waals surface area contributed by atoms with Crippen molar-refractivity contribution < 1.29 is 28.5 Å². The normalized spacial score (nSPS) is 25.4. The summed E-state index contributed by atoms with van der Waals surface area (Å²) in [4.78, 5) is 27.2. The third kappa shape index (κ3) is 5.19. The van der Waals surface area contributed by atoms with Crippen LogP contribution in [0.5, 0.6) is 0 Å². The molecule has 1 aliphatic heterocycles. The number of aliphatic hydroxyl groups excluding tert-OH is 1. The third-order valence-corrected chi connectivity index (χ3v) is 5.69. The molecule has 1 aromatic rings. The van der Waals surface area contributed by atoms with Crippen LogP contribution in [0.15, 0.2) is 17.1 Å². The third-order valence-electron chi connectivity index (χ3n) is 4.35. The van der Waals surface area contributed by atoms with E-state index in [1.165, 1.54) is 26.3 Å². The first-order chi connectivity index (χ1) is 13.1. The molecule has 5 atom stereocenters. The van der Waals surface area contributed by atoms with Crippen molar-refractivity contribution >= 4 is 19.9 Å². The average Bonchev–Trinajstić information content (AvgIpc) is 2.93. The van der Waals surface area contributed by atoms with Gasteiger partial charge < -0.3 is 19.9 Å². The molecule has 2 N–H and O–H groups in total. The Morgan fingerprint density at radius 1 is 1.54 bits per heavy atom. The van der Waals surface area contributed by atoms with Crippen molar-refractivity contribution in [2.45, 2.75) is 51.4 Å². The van der Waals surface area contributed by atoms with Crippen LogP contribution in [0.4, 0.5) is 5.82 Å². The van der Waals surface area contributed by atoms with E-state index in [0.717, 1.165) is 4.57 Å². The van der Waals surface area contributed by atoms with Gasteiger partial charge >= 0.3 is 13.9 Å². The van der Waals surface area contributed by atoms with Gasteiger partial charge in [0.15, 0.2) is 6.23 Å². The van der Waals surface area contributed by atoms with Gasteiger partial charge in [0.1, 0.15) is 30.7 Å². The smallest absolute Gasteiger partial charge is 0.387 e. The van der Waals surface area contributed by atoms with E-state index < -0.39 is 38.4 Å². The monoisotopic (exact) mass is 417 g/mol. The van der Waals surface area contributed by atoms with Crippen LogP contribution < -0.4 is 11.0 Å². The van der Waals surface area contributed by atoms with E-state index in [2.05, 4.69) is 10.3 Å². The number of methoxy groups -OCH3 is 1. The second-order valence-corrected chi connectivity index (χ2v) is 8.01. The van der Waals surface area contributed by atoms with Crippen molar-refractivity contribution in [2.24, 2.45) is 0 Å². The van der Waals surface area contributed by atoms with E-state index in [-0.39, 0.29) is 24.4 Å². The summed E-state index contributed by atoms with van der Waals surface area (Å²) in [5.74, 6) is -0.250. The molecule has 2 heterocycles. The van der Waals surface area contributed by atoms with Crippen molar-refractivity contribution in [3.63, 3.8) is 0 Å². The minimum atomic E-state index is -2.09. The number of aromatic nitrogens is 2. The minimum Gasteiger partial charge on any atom is -0.387 e. The summed E-state index contributed by atoms with van der Waals surface area (Å²) in [7, 11) is 0.952. The van der Waals surface area contributed by atoms with Gasteiger partial charge in [0.2, 0.25) is 5.91 Å². The van der Waals surface area contributed by atoms with Crippen molar-refractivity contribution in [1.82, 2.24) is 14.2 Å². The molecule has 0 aliphatic carbocycles. The lowest BCUT2D eigenvalue weighted by molar-refractivity contribution is -0.114. The fraction of sp³-hybridized carbons (Fsp3) is 0.688. The Kier molecular flexibility index (Phi) is 7.76. The molecule has 1 amide bonds. The number of amides is 1. The Morgan fingerprint density at radius 2 is 2.21 bits per heavy atom. The Bertz CT molecular complexity index is 772. The van der Waals surface area contributed by atoms with Crippen LogP contribution in [-0.4, -0.2) is 70.4 Å². The Labute approximate surface area is 163 Å². The van der Waals surface area contributed by atoms with Crippen LogP contribution in [0.3, 0.4) is 0 Å². The molecule has 0 spiro atoms. The van der Waals surface area contributed by atoms with Gasteiger partial charge in [0, 0.05) is 27.3 Å². The van der Waals surface area contributed by atoms with Crippen LogP contribution >= 0.6 is 8.18 Å². The van der Waals surface area contributed by atoms with Gasteiger partial charge in [-0.3, -0.25) is 9.36 Å². The zero-order valence-corrected chi connectivity index (χ0v) is 17.3. The van der Waals surface area contributed by atoms with Crippen LogP contribution in [0.2, 0.25) is 0 Å².